The molecule has 2 aromatic heterocycles. The molecule has 3 rings (SSSR count). The standard InChI is InChI=1S/C19H21FN6O4/c1-12-15(13(2)24(4)21-12)10-23(3)19(27)16-7-8-25(22-16)11-30-18-9-14(20)5-6-17(18)26(28)29/h5-9H,10-11H2,1-4H3. The van der Waals surface area contributed by atoms with Gasteiger partial charge in [-0.25, -0.2) is 9.07 Å². The van der Waals surface area contributed by atoms with Crippen LogP contribution in [0.4, 0.5) is 10.1 Å². The summed E-state index contributed by atoms with van der Waals surface area (Å²) in [6, 6.07) is 4.46. The Labute approximate surface area is 171 Å². The Kier molecular flexibility index (Phi) is 5.81. The summed E-state index contributed by atoms with van der Waals surface area (Å²) in [5.41, 5.74) is 2.62. The van der Waals surface area contributed by atoms with Crippen LogP contribution in [0.1, 0.15) is 27.4 Å². The number of aromatic nitrogens is 4. The second kappa shape index (κ2) is 8.31. The Hall–Kier alpha value is -3.76. The predicted octanol–water partition coefficient (Wildman–Crippen LogP) is 2.59. The van der Waals surface area contributed by atoms with Gasteiger partial charge in [0.05, 0.1) is 10.6 Å². The molecule has 0 aliphatic rings. The molecule has 1 aromatic carbocycles. The first-order chi connectivity index (χ1) is 14.2. The maximum atomic E-state index is 13.4. The SMILES string of the molecule is Cc1nn(C)c(C)c1CN(C)C(=O)c1ccn(COc2cc(F)ccc2[N+](=O)[O-])n1. The van der Waals surface area contributed by atoms with E-state index in [1.54, 1.807) is 11.7 Å². The van der Waals surface area contributed by atoms with Crippen LogP contribution in [0.15, 0.2) is 30.5 Å². The lowest BCUT2D eigenvalue weighted by molar-refractivity contribution is -0.386. The normalized spacial score (nSPS) is 10.8. The first-order valence-corrected chi connectivity index (χ1v) is 9.02. The molecule has 0 radical (unpaired) electrons. The summed E-state index contributed by atoms with van der Waals surface area (Å²) in [6.07, 6.45) is 1.51. The Balaban J connectivity index is 1.68. The first kappa shape index (κ1) is 21.0. The average molecular weight is 416 g/mol. The summed E-state index contributed by atoms with van der Waals surface area (Å²) in [6.45, 7) is 3.98. The molecule has 0 spiro atoms. The maximum absolute atomic E-state index is 13.4. The lowest BCUT2D eigenvalue weighted by atomic mass is 10.2. The van der Waals surface area contributed by atoms with Gasteiger partial charge in [-0.1, -0.05) is 0 Å². The zero-order valence-corrected chi connectivity index (χ0v) is 17.0. The van der Waals surface area contributed by atoms with Gasteiger partial charge in [-0.2, -0.15) is 10.2 Å². The van der Waals surface area contributed by atoms with Crippen LogP contribution in [0, 0.1) is 29.8 Å². The van der Waals surface area contributed by atoms with Crippen LogP contribution in [-0.2, 0) is 20.3 Å². The molecule has 0 unspecified atom stereocenters. The van der Waals surface area contributed by atoms with Gasteiger partial charge in [-0.3, -0.25) is 19.6 Å². The fraction of sp³-hybridized carbons (Fsp3) is 0.316. The highest BCUT2D eigenvalue weighted by molar-refractivity contribution is 5.92. The third-order valence-electron chi connectivity index (χ3n) is 4.73. The second-order valence-corrected chi connectivity index (χ2v) is 6.82. The number of hydrogen-bond acceptors (Lipinski definition) is 6. The fourth-order valence-corrected chi connectivity index (χ4v) is 2.99. The summed E-state index contributed by atoms with van der Waals surface area (Å²) >= 11 is 0. The van der Waals surface area contributed by atoms with Gasteiger partial charge in [0, 0.05) is 50.2 Å². The minimum Gasteiger partial charge on any atom is -0.464 e. The number of carbonyl (C=O) groups is 1. The summed E-state index contributed by atoms with van der Waals surface area (Å²) in [5, 5.41) is 19.5. The lowest BCUT2D eigenvalue weighted by Crippen LogP contribution is -2.27. The Morgan fingerprint density at radius 2 is 2.03 bits per heavy atom. The number of carbonyl (C=O) groups excluding carboxylic acids is 1. The van der Waals surface area contributed by atoms with Crippen molar-refractivity contribution in [1.82, 2.24) is 24.5 Å². The Morgan fingerprint density at radius 1 is 1.30 bits per heavy atom. The summed E-state index contributed by atoms with van der Waals surface area (Å²) in [4.78, 5) is 24.6. The van der Waals surface area contributed by atoms with Crippen LogP contribution in [0.3, 0.4) is 0 Å². The Bertz CT molecular complexity index is 1110. The van der Waals surface area contributed by atoms with Crippen LogP contribution in [-0.4, -0.2) is 42.3 Å². The molecule has 0 atom stereocenters. The highest BCUT2D eigenvalue weighted by Gasteiger charge is 2.20. The van der Waals surface area contributed by atoms with Crippen LogP contribution < -0.4 is 4.74 Å². The van der Waals surface area contributed by atoms with Crippen molar-refractivity contribution >= 4 is 11.6 Å². The zero-order chi connectivity index (χ0) is 22.0. The number of nitro groups is 1. The van der Waals surface area contributed by atoms with Gasteiger partial charge in [0.2, 0.25) is 5.75 Å². The fourth-order valence-electron chi connectivity index (χ4n) is 2.99. The third kappa shape index (κ3) is 4.29. The number of nitro benzene ring substituents is 1. The lowest BCUT2D eigenvalue weighted by Gasteiger charge is -2.16. The van der Waals surface area contributed by atoms with Crippen molar-refractivity contribution in [2.24, 2.45) is 7.05 Å². The Morgan fingerprint density at radius 3 is 2.67 bits per heavy atom. The average Bonchev–Trinajstić information content (AvgIpc) is 3.26. The van der Waals surface area contributed by atoms with E-state index in [-0.39, 0.29) is 29.8 Å². The minimum absolute atomic E-state index is 0.189. The van der Waals surface area contributed by atoms with Crippen molar-refractivity contribution in [1.29, 1.82) is 0 Å². The van der Waals surface area contributed by atoms with E-state index < -0.39 is 10.7 Å². The van der Waals surface area contributed by atoms with Crippen molar-refractivity contribution in [2.45, 2.75) is 27.1 Å². The van der Waals surface area contributed by atoms with E-state index in [0.717, 1.165) is 35.2 Å². The molecule has 0 saturated heterocycles. The number of rotatable bonds is 7. The number of amides is 1. The number of ether oxygens (including phenoxy) is 1. The number of aryl methyl sites for hydroxylation is 2. The first-order valence-electron chi connectivity index (χ1n) is 9.02. The van der Waals surface area contributed by atoms with Gasteiger partial charge in [0.25, 0.3) is 5.91 Å². The molecular formula is C19H21FN6O4. The number of nitrogens with zero attached hydrogens (tertiary/aromatic N) is 6. The summed E-state index contributed by atoms with van der Waals surface area (Å²) < 4.78 is 21.8. The van der Waals surface area contributed by atoms with Gasteiger partial charge in [-0.15, -0.1) is 0 Å². The van der Waals surface area contributed by atoms with Crippen molar-refractivity contribution in [2.75, 3.05) is 7.05 Å². The summed E-state index contributed by atoms with van der Waals surface area (Å²) in [7, 11) is 3.51. The van der Waals surface area contributed by atoms with Crippen LogP contribution in [0.5, 0.6) is 5.75 Å². The molecule has 158 valence electrons. The van der Waals surface area contributed by atoms with E-state index in [1.165, 1.54) is 21.8 Å². The predicted molar refractivity (Wildman–Crippen MR) is 104 cm³/mol. The molecular weight excluding hydrogens is 395 g/mol. The monoisotopic (exact) mass is 416 g/mol. The van der Waals surface area contributed by atoms with Crippen LogP contribution in [0.2, 0.25) is 0 Å². The van der Waals surface area contributed by atoms with Gasteiger partial charge in [-0.05, 0) is 26.0 Å². The van der Waals surface area contributed by atoms with Gasteiger partial charge in [0.1, 0.15) is 5.82 Å². The quantitative estimate of drug-likeness (QED) is 0.433. The molecule has 2 heterocycles. The van der Waals surface area contributed by atoms with E-state index in [2.05, 4.69) is 10.2 Å². The second-order valence-electron chi connectivity index (χ2n) is 6.82. The molecule has 0 bridgehead atoms. The molecule has 0 aliphatic heterocycles. The van der Waals surface area contributed by atoms with Crippen molar-refractivity contribution in [3.05, 3.63) is 69.0 Å². The molecule has 3 aromatic rings. The highest BCUT2D eigenvalue weighted by Crippen LogP contribution is 2.27. The maximum Gasteiger partial charge on any atom is 0.311 e. The molecule has 0 aliphatic carbocycles. The van der Waals surface area contributed by atoms with Gasteiger partial charge >= 0.3 is 5.69 Å². The van der Waals surface area contributed by atoms with Crippen molar-refractivity contribution in [3.63, 3.8) is 0 Å². The number of benzene rings is 1. The summed E-state index contributed by atoms with van der Waals surface area (Å²) in [5.74, 6) is -1.18. The van der Waals surface area contributed by atoms with Crippen LogP contribution in [0.25, 0.3) is 0 Å². The van der Waals surface area contributed by atoms with Crippen LogP contribution >= 0.6 is 0 Å². The molecule has 0 N–H and O–H groups in total. The zero-order valence-electron chi connectivity index (χ0n) is 17.0. The third-order valence-corrected chi connectivity index (χ3v) is 4.73. The topological polar surface area (TPSA) is 108 Å². The highest BCUT2D eigenvalue weighted by atomic mass is 19.1. The molecule has 0 fully saturated rings. The molecule has 10 nitrogen and oxygen atoms in total. The molecule has 30 heavy (non-hydrogen) atoms. The van der Waals surface area contributed by atoms with Gasteiger partial charge < -0.3 is 9.64 Å². The van der Waals surface area contributed by atoms with E-state index in [4.69, 9.17) is 4.74 Å². The largest absolute Gasteiger partial charge is 0.464 e. The minimum atomic E-state index is -0.663. The van der Waals surface area contributed by atoms with Crippen molar-refractivity contribution < 1.29 is 18.8 Å². The molecule has 11 heteroatoms. The van der Waals surface area contributed by atoms with E-state index in [1.807, 2.05) is 20.9 Å². The van der Waals surface area contributed by atoms with Gasteiger partial charge in [0.15, 0.2) is 12.4 Å². The van der Waals surface area contributed by atoms with E-state index >= 15 is 0 Å². The molecule has 1 amide bonds. The van der Waals surface area contributed by atoms with E-state index in [9.17, 15) is 19.3 Å². The smallest absolute Gasteiger partial charge is 0.311 e. The number of hydrogen-bond donors (Lipinski definition) is 0. The van der Waals surface area contributed by atoms with E-state index in [0.29, 0.717) is 6.54 Å². The number of halogens is 1. The molecule has 0 saturated carbocycles. The van der Waals surface area contributed by atoms with Crippen molar-refractivity contribution in [3.8, 4) is 5.75 Å².